The Morgan fingerprint density at radius 2 is 1.94 bits per heavy atom. The number of aromatic nitrogens is 4. The van der Waals surface area contributed by atoms with E-state index in [-0.39, 0.29) is 11.8 Å². The van der Waals surface area contributed by atoms with Crippen LogP contribution in [0.1, 0.15) is 60.2 Å². The molecule has 31 heavy (non-hydrogen) atoms. The summed E-state index contributed by atoms with van der Waals surface area (Å²) in [5.41, 5.74) is 0.899. The number of hydrogen-bond acceptors (Lipinski definition) is 6. The van der Waals surface area contributed by atoms with Crippen LogP contribution in [0.5, 0.6) is 0 Å². The molecule has 5 heterocycles. The number of rotatable bonds is 5. The van der Waals surface area contributed by atoms with E-state index >= 15 is 0 Å². The molecule has 0 radical (unpaired) electrons. The molecule has 2 aliphatic heterocycles. The van der Waals surface area contributed by atoms with E-state index in [0.717, 1.165) is 49.6 Å². The molecule has 0 spiro atoms. The average Bonchev–Trinajstić information content (AvgIpc) is 3.50. The van der Waals surface area contributed by atoms with Crippen molar-refractivity contribution < 1.29 is 9.21 Å². The molecule has 0 atom stereocenters. The van der Waals surface area contributed by atoms with Gasteiger partial charge in [-0.1, -0.05) is 6.42 Å². The van der Waals surface area contributed by atoms with Crippen LogP contribution in [0.4, 0.5) is 0 Å². The maximum absolute atomic E-state index is 12.9. The number of piperidine rings is 2. The van der Waals surface area contributed by atoms with Gasteiger partial charge in [0.2, 0.25) is 0 Å². The van der Waals surface area contributed by atoms with Crippen LogP contribution in [0.25, 0.3) is 11.4 Å². The van der Waals surface area contributed by atoms with Gasteiger partial charge in [0.05, 0.1) is 6.54 Å². The summed E-state index contributed by atoms with van der Waals surface area (Å²) in [4.78, 5) is 26.0. The van der Waals surface area contributed by atoms with Crippen LogP contribution in [0.2, 0.25) is 0 Å². The first-order valence-electron chi connectivity index (χ1n) is 11.2. The SMILES string of the molecule is O=C(c1ccc(CN2CCCCC2)o1)N1CCC(c2nc(-c3cccnc3)n[nH]2)CC1. The summed E-state index contributed by atoms with van der Waals surface area (Å²) >= 11 is 0. The molecule has 162 valence electrons. The number of carbonyl (C=O) groups is 1. The second-order valence-corrected chi connectivity index (χ2v) is 8.46. The molecule has 0 saturated carbocycles. The number of hydrogen-bond donors (Lipinski definition) is 1. The molecule has 0 unspecified atom stereocenters. The number of likely N-dealkylation sites (tertiary alicyclic amines) is 2. The Morgan fingerprint density at radius 1 is 1.10 bits per heavy atom. The average molecular weight is 421 g/mol. The lowest BCUT2D eigenvalue weighted by molar-refractivity contribution is 0.0674. The summed E-state index contributed by atoms with van der Waals surface area (Å²) < 4.78 is 5.90. The third-order valence-electron chi connectivity index (χ3n) is 6.29. The van der Waals surface area contributed by atoms with Crippen molar-refractivity contribution in [2.45, 2.75) is 44.6 Å². The minimum atomic E-state index is -0.0167. The number of pyridine rings is 1. The van der Waals surface area contributed by atoms with E-state index in [0.29, 0.717) is 24.7 Å². The molecule has 3 aromatic heterocycles. The lowest BCUT2D eigenvalue weighted by Gasteiger charge is -2.30. The summed E-state index contributed by atoms with van der Waals surface area (Å²) in [6.07, 6.45) is 9.01. The molecule has 1 amide bonds. The number of aromatic amines is 1. The molecular formula is C23H28N6O2. The summed E-state index contributed by atoms with van der Waals surface area (Å²) in [7, 11) is 0. The Labute approximate surface area is 181 Å². The molecule has 5 rings (SSSR count). The van der Waals surface area contributed by atoms with Crippen molar-refractivity contribution >= 4 is 5.91 Å². The van der Waals surface area contributed by atoms with E-state index in [1.807, 2.05) is 29.2 Å². The number of nitrogens with zero attached hydrogens (tertiary/aromatic N) is 5. The third-order valence-corrected chi connectivity index (χ3v) is 6.29. The monoisotopic (exact) mass is 420 g/mol. The smallest absolute Gasteiger partial charge is 0.289 e. The molecule has 0 aromatic carbocycles. The fraction of sp³-hybridized carbons (Fsp3) is 0.478. The molecule has 1 N–H and O–H groups in total. The van der Waals surface area contributed by atoms with E-state index in [4.69, 9.17) is 4.42 Å². The Kier molecular flexibility index (Phi) is 5.80. The van der Waals surface area contributed by atoms with Crippen LogP contribution in [-0.4, -0.2) is 62.1 Å². The van der Waals surface area contributed by atoms with Crippen molar-refractivity contribution in [3.8, 4) is 11.4 Å². The van der Waals surface area contributed by atoms with E-state index in [9.17, 15) is 4.79 Å². The molecule has 8 nitrogen and oxygen atoms in total. The van der Waals surface area contributed by atoms with Crippen LogP contribution < -0.4 is 0 Å². The second kappa shape index (κ2) is 9.01. The zero-order chi connectivity index (χ0) is 21.0. The lowest BCUT2D eigenvalue weighted by atomic mass is 9.96. The number of nitrogens with one attached hydrogen (secondary N) is 1. The fourth-order valence-electron chi connectivity index (χ4n) is 4.51. The Hall–Kier alpha value is -3.00. The highest BCUT2D eigenvalue weighted by Gasteiger charge is 2.28. The topological polar surface area (TPSA) is 91.2 Å². The molecule has 0 aliphatic carbocycles. The number of H-pyrrole nitrogens is 1. The minimum absolute atomic E-state index is 0.0167. The first kappa shape index (κ1) is 19.9. The van der Waals surface area contributed by atoms with Gasteiger partial charge in [0.25, 0.3) is 5.91 Å². The van der Waals surface area contributed by atoms with Gasteiger partial charge in [-0.05, 0) is 63.0 Å². The molecule has 2 saturated heterocycles. The second-order valence-electron chi connectivity index (χ2n) is 8.46. The standard InChI is InChI=1S/C23H28N6O2/c30-23(20-7-6-19(31-20)16-28-11-2-1-3-12-28)29-13-8-17(9-14-29)21-25-22(27-26-21)18-5-4-10-24-15-18/h4-7,10,15,17H,1-3,8-9,11-14,16H2,(H,25,26,27). The van der Waals surface area contributed by atoms with E-state index < -0.39 is 0 Å². The Morgan fingerprint density at radius 3 is 2.71 bits per heavy atom. The van der Waals surface area contributed by atoms with E-state index in [2.05, 4.69) is 25.1 Å². The van der Waals surface area contributed by atoms with Gasteiger partial charge in [-0.3, -0.25) is 19.8 Å². The molecule has 8 heteroatoms. The number of carbonyl (C=O) groups excluding carboxylic acids is 1. The first-order valence-corrected chi connectivity index (χ1v) is 11.2. The first-order chi connectivity index (χ1) is 15.3. The fourth-order valence-corrected chi connectivity index (χ4v) is 4.51. The quantitative estimate of drug-likeness (QED) is 0.680. The van der Waals surface area contributed by atoms with Gasteiger partial charge in [0.15, 0.2) is 11.6 Å². The van der Waals surface area contributed by atoms with Crippen LogP contribution in [0.15, 0.2) is 41.1 Å². The van der Waals surface area contributed by atoms with Gasteiger partial charge in [0, 0.05) is 37.0 Å². The van der Waals surface area contributed by atoms with Crippen molar-refractivity contribution in [1.82, 2.24) is 30.0 Å². The van der Waals surface area contributed by atoms with E-state index in [1.165, 1.54) is 19.3 Å². The third kappa shape index (κ3) is 4.54. The minimum Gasteiger partial charge on any atom is -0.455 e. The zero-order valence-corrected chi connectivity index (χ0v) is 17.7. The largest absolute Gasteiger partial charge is 0.455 e. The summed E-state index contributed by atoms with van der Waals surface area (Å²) in [6.45, 7) is 4.40. The van der Waals surface area contributed by atoms with Crippen molar-refractivity contribution in [2.24, 2.45) is 0 Å². The molecule has 2 aliphatic rings. The number of furan rings is 1. The normalized spacial score (nSPS) is 18.4. The maximum atomic E-state index is 12.9. The van der Waals surface area contributed by atoms with Gasteiger partial charge in [-0.2, -0.15) is 5.10 Å². The van der Waals surface area contributed by atoms with Crippen molar-refractivity contribution in [1.29, 1.82) is 0 Å². The lowest BCUT2D eigenvalue weighted by Crippen LogP contribution is -2.38. The zero-order valence-electron chi connectivity index (χ0n) is 17.7. The predicted molar refractivity (Wildman–Crippen MR) is 115 cm³/mol. The van der Waals surface area contributed by atoms with Crippen molar-refractivity contribution in [3.63, 3.8) is 0 Å². The van der Waals surface area contributed by atoms with E-state index in [1.54, 1.807) is 12.4 Å². The van der Waals surface area contributed by atoms with Crippen molar-refractivity contribution in [2.75, 3.05) is 26.2 Å². The summed E-state index contributed by atoms with van der Waals surface area (Å²) in [5, 5.41) is 7.41. The highest BCUT2D eigenvalue weighted by molar-refractivity contribution is 5.91. The van der Waals surface area contributed by atoms with Gasteiger partial charge in [-0.15, -0.1) is 0 Å². The van der Waals surface area contributed by atoms with Gasteiger partial charge < -0.3 is 9.32 Å². The predicted octanol–water partition coefficient (Wildman–Crippen LogP) is 3.47. The van der Waals surface area contributed by atoms with Crippen molar-refractivity contribution in [3.05, 3.63) is 54.0 Å². The van der Waals surface area contributed by atoms with Gasteiger partial charge in [-0.25, -0.2) is 4.98 Å². The highest BCUT2D eigenvalue weighted by Crippen LogP contribution is 2.28. The Bertz CT molecular complexity index is 1000. The van der Waals surface area contributed by atoms with Gasteiger partial charge >= 0.3 is 0 Å². The van der Waals surface area contributed by atoms with Crippen LogP contribution >= 0.6 is 0 Å². The Balaban J connectivity index is 1.16. The summed E-state index contributed by atoms with van der Waals surface area (Å²) in [6, 6.07) is 7.60. The number of amides is 1. The molecule has 2 fully saturated rings. The highest BCUT2D eigenvalue weighted by atomic mass is 16.4. The van der Waals surface area contributed by atoms with Crippen LogP contribution in [0, 0.1) is 0 Å². The van der Waals surface area contributed by atoms with Gasteiger partial charge in [0.1, 0.15) is 11.6 Å². The molecule has 3 aromatic rings. The summed E-state index contributed by atoms with van der Waals surface area (Å²) in [5.74, 6) is 3.13. The van der Waals surface area contributed by atoms with Crippen LogP contribution in [0.3, 0.4) is 0 Å². The maximum Gasteiger partial charge on any atom is 0.289 e. The molecular weight excluding hydrogens is 392 g/mol. The van der Waals surface area contributed by atoms with Crippen LogP contribution in [-0.2, 0) is 6.54 Å². The molecule has 0 bridgehead atoms.